The zero-order valence-electron chi connectivity index (χ0n) is 9.82. The lowest BCUT2D eigenvalue weighted by molar-refractivity contribution is -0.122. The molecule has 4 heteroatoms. The van der Waals surface area contributed by atoms with Crippen LogP contribution in [0.25, 0.3) is 0 Å². The third-order valence-corrected chi connectivity index (χ3v) is 3.32. The van der Waals surface area contributed by atoms with Gasteiger partial charge >= 0.3 is 0 Å². The summed E-state index contributed by atoms with van der Waals surface area (Å²) in [6.45, 7) is 2.67. The van der Waals surface area contributed by atoms with E-state index in [2.05, 4.69) is 10.6 Å². The molecule has 90 valence electrons. The zero-order chi connectivity index (χ0) is 12.3. The van der Waals surface area contributed by atoms with Gasteiger partial charge in [0.15, 0.2) is 5.11 Å². The fourth-order valence-corrected chi connectivity index (χ4v) is 2.19. The molecule has 1 aromatic carbocycles. The van der Waals surface area contributed by atoms with Crippen LogP contribution in [0.5, 0.6) is 0 Å². The Balaban J connectivity index is 2.07. The quantitative estimate of drug-likeness (QED) is 0.800. The Morgan fingerprint density at radius 3 is 2.53 bits per heavy atom. The number of nitrogens with one attached hydrogen (secondary N) is 2. The maximum atomic E-state index is 12.2. The zero-order valence-corrected chi connectivity index (χ0v) is 10.6. The van der Waals surface area contributed by atoms with Crippen molar-refractivity contribution in [2.24, 2.45) is 0 Å². The molecule has 1 aliphatic carbocycles. The van der Waals surface area contributed by atoms with Gasteiger partial charge in [-0.3, -0.25) is 4.79 Å². The van der Waals surface area contributed by atoms with Crippen LogP contribution in [0.3, 0.4) is 0 Å². The Hall–Kier alpha value is -1.42. The summed E-state index contributed by atoms with van der Waals surface area (Å²) in [7, 11) is 0. The van der Waals surface area contributed by atoms with Crippen LogP contribution in [0.15, 0.2) is 30.3 Å². The molecule has 1 amide bonds. The predicted octanol–water partition coefficient (Wildman–Crippen LogP) is 1.73. The van der Waals surface area contributed by atoms with Crippen molar-refractivity contribution in [1.82, 2.24) is 10.6 Å². The Bertz CT molecular complexity index is 426. The van der Waals surface area contributed by atoms with Crippen LogP contribution in [0.1, 0.15) is 25.3 Å². The summed E-state index contributed by atoms with van der Waals surface area (Å²) in [6, 6.07) is 9.89. The molecule has 0 aromatic heterocycles. The van der Waals surface area contributed by atoms with Crippen molar-refractivity contribution in [2.45, 2.75) is 25.2 Å². The summed E-state index contributed by atoms with van der Waals surface area (Å²) in [4.78, 5) is 12.2. The molecule has 1 fully saturated rings. The van der Waals surface area contributed by atoms with Crippen LogP contribution < -0.4 is 10.6 Å². The van der Waals surface area contributed by atoms with E-state index < -0.39 is 0 Å². The van der Waals surface area contributed by atoms with Gasteiger partial charge in [0.25, 0.3) is 0 Å². The molecule has 2 rings (SSSR count). The van der Waals surface area contributed by atoms with Gasteiger partial charge in [0.1, 0.15) is 0 Å². The molecule has 17 heavy (non-hydrogen) atoms. The number of hydrogen-bond donors (Lipinski definition) is 2. The van der Waals surface area contributed by atoms with Crippen LogP contribution >= 0.6 is 12.2 Å². The number of carbonyl (C=O) groups excluding carboxylic acids is 1. The van der Waals surface area contributed by atoms with Crippen molar-refractivity contribution in [2.75, 3.05) is 6.54 Å². The predicted molar refractivity (Wildman–Crippen MR) is 71.8 cm³/mol. The van der Waals surface area contributed by atoms with Crippen molar-refractivity contribution in [1.29, 1.82) is 0 Å². The molecule has 0 aliphatic heterocycles. The molecule has 1 saturated carbocycles. The minimum Gasteiger partial charge on any atom is -0.363 e. The van der Waals surface area contributed by atoms with Crippen LogP contribution in [0.4, 0.5) is 0 Å². The fraction of sp³-hybridized carbons (Fsp3) is 0.385. The van der Waals surface area contributed by atoms with Crippen molar-refractivity contribution in [3.63, 3.8) is 0 Å². The molecule has 0 saturated heterocycles. The highest BCUT2D eigenvalue weighted by Gasteiger charge is 2.51. The minimum absolute atomic E-state index is 0.00894. The number of rotatable bonds is 3. The van der Waals surface area contributed by atoms with Crippen molar-refractivity contribution in [3.8, 4) is 0 Å². The Kier molecular flexibility index (Phi) is 3.43. The molecule has 2 N–H and O–H groups in total. The SMILES string of the molecule is CCNC(=S)NC(=O)C1(c2ccccc2)CC1. The van der Waals surface area contributed by atoms with E-state index in [0.717, 1.165) is 24.9 Å². The van der Waals surface area contributed by atoms with E-state index in [1.165, 1.54) is 0 Å². The number of thiocarbonyl (C=S) groups is 1. The summed E-state index contributed by atoms with van der Waals surface area (Å²) < 4.78 is 0. The Morgan fingerprint density at radius 2 is 2.00 bits per heavy atom. The molecular weight excluding hydrogens is 232 g/mol. The van der Waals surface area contributed by atoms with Gasteiger partial charge in [-0.2, -0.15) is 0 Å². The van der Waals surface area contributed by atoms with E-state index in [0.29, 0.717) is 5.11 Å². The van der Waals surface area contributed by atoms with Crippen molar-refractivity contribution in [3.05, 3.63) is 35.9 Å². The second-order valence-corrected chi connectivity index (χ2v) is 4.67. The molecular formula is C13H16N2OS. The lowest BCUT2D eigenvalue weighted by Crippen LogP contribution is -2.44. The topological polar surface area (TPSA) is 41.1 Å². The van der Waals surface area contributed by atoms with E-state index in [9.17, 15) is 4.79 Å². The first kappa shape index (κ1) is 12.0. The number of hydrogen-bond acceptors (Lipinski definition) is 2. The molecule has 0 heterocycles. The van der Waals surface area contributed by atoms with Crippen LogP contribution in [0, 0.1) is 0 Å². The second-order valence-electron chi connectivity index (χ2n) is 4.26. The smallest absolute Gasteiger partial charge is 0.236 e. The van der Waals surface area contributed by atoms with Crippen molar-refractivity contribution >= 4 is 23.2 Å². The molecule has 0 radical (unpaired) electrons. The van der Waals surface area contributed by atoms with E-state index in [-0.39, 0.29) is 11.3 Å². The van der Waals surface area contributed by atoms with E-state index >= 15 is 0 Å². The summed E-state index contributed by atoms with van der Waals surface area (Å²) >= 11 is 5.03. The van der Waals surface area contributed by atoms with Gasteiger partial charge in [0.2, 0.25) is 5.91 Å². The largest absolute Gasteiger partial charge is 0.363 e. The average Bonchev–Trinajstić information content (AvgIpc) is 3.11. The maximum absolute atomic E-state index is 12.2. The van der Waals surface area contributed by atoms with Gasteiger partial charge in [0, 0.05) is 6.54 Å². The Labute approximate surface area is 107 Å². The first-order valence-electron chi connectivity index (χ1n) is 5.84. The first-order chi connectivity index (χ1) is 8.19. The van der Waals surface area contributed by atoms with Crippen LogP contribution in [-0.2, 0) is 10.2 Å². The average molecular weight is 248 g/mol. The van der Waals surface area contributed by atoms with Crippen molar-refractivity contribution < 1.29 is 4.79 Å². The maximum Gasteiger partial charge on any atom is 0.236 e. The third-order valence-electron chi connectivity index (χ3n) is 3.08. The molecule has 0 unspecified atom stereocenters. The summed E-state index contributed by atoms with van der Waals surface area (Å²) in [5.74, 6) is 0.00894. The number of benzene rings is 1. The second kappa shape index (κ2) is 4.84. The monoisotopic (exact) mass is 248 g/mol. The molecule has 0 bridgehead atoms. The van der Waals surface area contributed by atoms with E-state index in [4.69, 9.17) is 12.2 Å². The lowest BCUT2D eigenvalue weighted by Gasteiger charge is -2.16. The number of carbonyl (C=O) groups is 1. The normalized spacial score (nSPS) is 16.1. The highest BCUT2D eigenvalue weighted by atomic mass is 32.1. The van der Waals surface area contributed by atoms with Gasteiger partial charge in [-0.05, 0) is 37.5 Å². The van der Waals surface area contributed by atoms with E-state index in [1.807, 2.05) is 37.3 Å². The third kappa shape index (κ3) is 2.47. The van der Waals surface area contributed by atoms with E-state index in [1.54, 1.807) is 0 Å². The van der Waals surface area contributed by atoms with Gasteiger partial charge in [0.05, 0.1) is 5.41 Å². The highest BCUT2D eigenvalue weighted by molar-refractivity contribution is 7.80. The molecule has 1 aromatic rings. The lowest BCUT2D eigenvalue weighted by atomic mass is 9.95. The van der Waals surface area contributed by atoms with Gasteiger partial charge in [-0.25, -0.2) is 0 Å². The molecule has 0 spiro atoms. The van der Waals surface area contributed by atoms with Crippen LogP contribution in [-0.4, -0.2) is 17.6 Å². The first-order valence-corrected chi connectivity index (χ1v) is 6.24. The van der Waals surface area contributed by atoms with Crippen LogP contribution in [0.2, 0.25) is 0 Å². The Morgan fingerprint density at radius 1 is 1.35 bits per heavy atom. The summed E-state index contributed by atoms with van der Waals surface area (Å²) in [5, 5.41) is 6.11. The summed E-state index contributed by atoms with van der Waals surface area (Å²) in [6.07, 6.45) is 1.80. The van der Waals surface area contributed by atoms with Gasteiger partial charge in [-0.15, -0.1) is 0 Å². The highest BCUT2D eigenvalue weighted by Crippen LogP contribution is 2.48. The molecule has 0 atom stereocenters. The number of amides is 1. The minimum atomic E-state index is -0.346. The standard InChI is InChI=1S/C13H16N2OS/c1-2-14-12(17)15-11(16)13(8-9-13)10-6-4-3-5-7-10/h3-7H,2,8-9H2,1H3,(H2,14,15,16,17). The van der Waals surface area contributed by atoms with Gasteiger partial charge in [-0.1, -0.05) is 30.3 Å². The van der Waals surface area contributed by atoms with Gasteiger partial charge < -0.3 is 10.6 Å². The fourth-order valence-electron chi connectivity index (χ4n) is 1.96. The molecule has 1 aliphatic rings. The summed E-state index contributed by atoms with van der Waals surface area (Å²) in [5.41, 5.74) is 0.734. The molecule has 3 nitrogen and oxygen atoms in total.